The molecular weight excluding hydrogens is 290 g/mol. The Morgan fingerprint density at radius 3 is 2.85 bits per heavy atom. The maximum absolute atomic E-state index is 13.0. The molecule has 2 rings (SSSR count). The molecule has 1 aromatic heterocycles. The molecule has 7 heteroatoms. The Balaban J connectivity index is 2.25. The molecule has 0 aliphatic rings. The highest BCUT2D eigenvalue weighted by Gasteiger charge is 2.28. The first-order chi connectivity index (χ1) is 9.34. The maximum Gasteiger partial charge on any atom is 0.287 e. The van der Waals surface area contributed by atoms with E-state index in [9.17, 15) is 13.6 Å². The first kappa shape index (κ1) is 14.7. The molecular formula is C13H13ClF2N2O2. The second-order valence-electron chi connectivity index (χ2n) is 4.44. The number of hydrogen-bond donors (Lipinski definition) is 2. The molecule has 1 aromatic carbocycles. The molecule has 2 aromatic rings. The van der Waals surface area contributed by atoms with Gasteiger partial charge >= 0.3 is 0 Å². The van der Waals surface area contributed by atoms with Crippen LogP contribution in [0.4, 0.5) is 8.78 Å². The molecule has 108 valence electrons. The zero-order valence-electron chi connectivity index (χ0n) is 10.7. The summed E-state index contributed by atoms with van der Waals surface area (Å²) in [5.74, 6) is -3.85. The second-order valence-corrected chi connectivity index (χ2v) is 4.88. The van der Waals surface area contributed by atoms with E-state index >= 15 is 0 Å². The molecule has 1 heterocycles. The lowest BCUT2D eigenvalue weighted by molar-refractivity contribution is 0.0116. The first-order valence-electron chi connectivity index (χ1n) is 5.89. The number of nitrogens with one attached hydrogen (secondary N) is 1. The van der Waals surface area contributed by atoms with Gasteiger partial charge in [0, 0.05) is 16.0 Å². The third-order valence-corrected chi connectivity index (χ3v) is 3.15. The number of hydrogen-bond acceptors (Lipinski definition) is 3. The molecule has 1 amide bonds. The van der Waals surface area contributed by atoms with E-state index in [4.69, 9.17) is 21.8 Å². The van der Waals surface area contributed by atoms with Crippen LogP contribution in [0.5, 0.6) is 0 Å². The summed E-state index contributed by atoms with van der Waals surface area (Å²) in [6.07, 6.45) is 0. The zero-order valence-corrected chi connectivity index (χ0v) is 11.4. The molecule has 3 N–H and O–H groups in total. The fourth-order valence-corrected chi connectivity index (χ4v) is 1.94. The Kier molecular flexibility index (Phi) is 3.96. The van der Waals surface area contributed by atoms with Gasteiger partial charge in [0.1, 0.15) is 5.58 Å². The quantitative estimate of drug-likeness (QED) is 0.912. The summed E-state index contributed by atoms with van der Waals surface area (Å²) in [5, 5.41) is 3.29. The van der Waals surface area contributed by atoms with Crippen LogP contribution in [0.2, 0.25) is 5.02 Å². The van der Waals surface area contributed by atoms with Gasteiger partial charge in [0.05, 0.1) is 13.1 Å². The van der Waals surface area contributed by atoms with Crippen molar-refractivity contribution in [1.82, 2.24) is 5.32 Å². The Bertz CT molecular complexity index is 655. The van der Waals surface area contributed by atoms with Crippen LogP contribution in [-0.4, -0.2) is 24.9 Å². The molecule has 0 aliphatic carbocycles. The van der Waals surface area contributed by atoms with Gasteiger partial charge in [-0.2, -0.15) is 0 Å². The highest BCUT2D eigenvalue weighted by molar-refractivity contribution is 6.31. The molecule has 0 spiro atoms. The van der Waals surface area contributed by atoms with Crippen molar-refractivity contribution in [2.45, 2.75) is 12.8 Å². The van der Waals surface area contributed by atoms with Gasteiger partial charge in [0.15, 0.2) is 5.76 Å². The third-order valence-electron chi connectivity index (χ3n) is 2.91. The van der Waals surface area contributed by atoms with Crippen LogP contribution < -0.4 is 11.1 Å². The van der Waals surface area contributed by atoms with Crippen LogP contribution in [0.15, 0.2) is 22.6 Å². The minimum atomic E-state index is -3.14. The molecule has 0 bridgehead atoms. The summed E-state index contributed by atoms with van der Waals surface area (Å²) in [6.45, 7) is -0.000272. The average molecular weight is 303 g/mol. The second kappa shape index (κ2) is 5.38. The van der Waals surface area contributed by atoms with Crippen LogP contribution >= 0.6 is 11.6 Å². The molecule has 0 atom stereocenters. The highest BCUT2D eigenvalue weighted by Crippen LogP contribution is 2.27. The molecule has 0 fully saturated rings. The van der Waals surface area contributed by atoms with Gasteiger partial charge in [0.25, 0.3) is 11.8 Å². The van der Waals surface area contributed by atoms with Crippen LogP contribution in [-0.2, 0) is 0 Å². The van der Waals surface area contributed by atoms with Crippen molar-refractivity contribution < 1.29 is 18.0 Å². The summed E-state index contributed by atoms with van der Waals surface area (Å²) >= 11 is 5.86. The topological polar surface area (TPSA) is 68.3 Å². The summed E-state index contributed by atoms with van der Waals surface area (Å²) in [6, 6.07) is 4.90. The number of alkyl halides is 2. The number of fused-ring (bicyclic) bond motifs is 1. The van der Waals surface area contributed by atoms with E-state index in [-0.39, 0.29) is 5.76 Å². The minimum Gasteiger partial charge on any atom is -0.451 e. The highest BCUT2D eigenvalue weighted by atomic mass is 35.5. The van der Waals surface area contributed by atoms with Gasteiger partial charge in [-0.15, -0.1) is 0 Å². The lowest BCUT2D eigenvalue weighted by atomic mass is 10.1. The summed E-state index contributed by atoms with van der Waals surface area (Å²) in [7, 11) is 0. The SMILES string of the molecule is Cc1c(C(=O)NCC(F)(F)CN)oc2ccc(Cl)cc12. The Hall–Kier alpha value is -1.66. The van der Waals surface area contributed by atoms with E-state index in [2.05, 4.69) is 5.32 Å². The Labute approximate surface area is 118 Å². The normalized spacial score (nSPS) is 11.8. The van der Waals surface area contributed by atoms with E-state index in [0.29, 0.717) is 21.6 Å². The lowest BCUT2D eigenvalue weighted by Crippen LogP contribution is -2.41. The number of furan rings is 1. The standard InChI is InChI=1S/C13H13ClF2N2O2/c1-7-9-4-8(14)2-3-10(9)20-11(7)12(19)18-6-13(15,16)5-17/h2-4H,5-6,17H2,1H3,(H,18,19). The van der Waals surface area contributed by atoms with Crippen LogP contribution in [0.3, 0.4) is 0 Å². The predicted octanol–water partition coefficient (Wildman–Crippen LogP) is 2.72. The molecule has 0 unspecified atom stereocenters. The predicted molar refractivity (Wildman–Crippen MR) is 72.3 cm³/mol. The van der Waals surface area contributed by atoms with Crippen LogP contribution in [0.25, 0.3) is 11.0 Å². The van der Waals surface area contributed by atoms with Gasteiger partial charge in [-0.25, -0.2) is 8.78 Å². The fourth-order valence-electron chi connectivity index (χ4n) is 1.77. The van der Waals surface area contributed by atoms with E-state index in [1.807, 2.05) is 0 Å². The number of amides is 1. The number of halogens is 3. The average Bonchev–Trinajstić information content (AvgIpc) is 2.74. The van der Waals surface area contributed by atoms with Crippen LogP contribution in [0.1, 0.15) is 16.1 Å². The lowest BCUT2D eigenvalue weighted by Gasteiger charge is -2.13. The molecule has 0 saturated heterocycles. The minimum absolute atomic E-state index is 0.00455. The molecule has 0 aliphatic heterocycles. The van der Waals surface area contributed by atoms with Crippen molar-refractivity contribution in [1.29, 1.82) is 0 Å². The van der Waals surface area contributed by atoms with Gasteiger partial charge in [0.2, 0.25) is 0 Å². The summed E-state index contributed by atoms with van der Waals surface area (Å²) in [4.78, 5) is 11.9. The molecule has 20 heavy (non-hydrogen) atoms. The number of nitrogens with two attached hydrogens (primary N) is 1. The van der Waals surface area contributed by atoms with Crippen LogP contribution in [0, 0.1) is 6.92 Å². The maximum atomic E-state index is 13.0. The number of benzene rings is 1. The van der Waals surface area contributed by atoms with Gasteiger partial charge in [-0.1, -0.05) is 11.6 Å². The van der Waals surface area contributed by atoms with E-state index in [0.717, 1.165) is 0 Å². The first-order valence-corrected chi connectivity index (χ1v) is 6.26. The number of carbonyl (C=O) groups excluding carboxylic acids is 1. The summed E-state index contributed by atoms with van der Waals surface area (Å²) < 4.78 is 31.4. The van der Waals surface area contributed by atoms with E-state index in [1.54, 1.807) is 25.1 Å². The number of aryl methyl sites for hydroxylation is 1. The van der Waals surface area contributed by atoms with E-state index in [1.165, 1.54) is 0 Å². The Morgan fingerprint density at radius 1 is 1.50 bits per heavy atom. The van der Waals surface area contributed by atoms with Crippen molar-refractivity contribution in [3.05, 3.63) is 34.5 Å². The molecule has 4 nitrogen and oxygen atoms in total. The van der Waals surface area contributed by atoms with Crippen molar-refractivity contribution in [2.24, 2.45) is 5.73 Å². The third kappa shape index (κ3) is 2.91. The van der Waals surface area contributed by atoms with E-state index < -0.39 is 24.9 Å². The molecule has 0 radical (unpaired) electrons. The molecule has 0 saturated carbocycles. The van der Waals surface area contributed by atoms with Crippen molar-refractivity contribution in [3.8, 4) is 0 Å². The number of rotatable bonds is 4. The van der Waals surface area contributed by atoms with Gasteiger partial charge in [-0.3, -0.25) is 4.79 Å². The zero-order chi connectivity index (χ0) is 14.9. The van der Waals surface area contributed by atoms with Gasteiger partial charge < -0.3 is 15.5 Å². The largest absolute Gasteiger partial charge is 0.451 e. The Morgan fingerprint density at radius 2 is 2.20 bits per heavy atom. The van der Waals surface area contributed by atoms with Crippen molar-refractivity contribution in [3.63, 3.8) is 0 Å². The summed E-state index contributed by atoms with van der Waals surface area (Å²) in [5.41, 5.74) is 5.93. The smallest absolute Gasteiger partial charge is 0.287 e. The number of carbonyl (C=O) groups is 1. The fraction of sp³-hybridized carbons (Fsp3) is 0.308. The van der Waals surface area contributed by atoms with Gasteiger partial charge in [-0.05, 0) is 25.1 Å². The monoisotopic (exact) mass is 302 g/mol. The van der Waals surface area contributed by atoms with Crippen molar-refractivity contribution >= 4 is 28.5 Å². The van der Waals surface area contributed by atoms with Crippen molar-refractivity contribution in [2.75, 3.05) is 13.1 Å².